The van der Waals surface area contributed by atoms with E-state index in [9.17, 15) is 27.6 Å². The Kier molecular flexibility index (Phi) is 5.68. The number of likely N-dealkylation sites (tertiary alicyclic amines) is 1. The van der Waals surface area contributed by atoms with Gasteiger partial charge in [-0.1, -0.05) is 16.9 Å². The average Bonchev–Trinajstić information content (AvgIpc) is 3.31. The van der Waals surface area contributed by atoms with Crippen LogP contribution in [0, 0.1) is 0 Å². The first kappa shape index (κ1) is 23.8. The Morgan fingerprint density at radius 3 is 2.74 bits per heavy atom. The van der Waals surface area contributed by atoms with E-state index >= 15 is 0 Å². The summed E-state index contributed by atoms with van der Waals surface area (Å²) in [6, 6.07) is 7.30. The molecule has 7 nitrogen and oxygen atoms in total. The zero-order chi connectivity index (χ0) is 25.1. The third-order valence-electron chi connectivity index (χ3n) is 7.60. The summed E-state index contributed by atoms with van der Waals surface area (Å²) in [6.45, 7) is 0.306. The molecule has 35 heavy (non-hydrogen) atoms. The van der Waals surface area contributed by atoms with Crippen molar-refractivity contribution in [2.45, 2.75) is 54.6 Å². The number of halogens is 3. The molecule has 2 aromatic rings. The standard InChI is InChI=1S/C24H22F3N4O3.Al.2H/c1-13-4-7-18(21(33)31(13)12-24(25,26)27)29-20(32)14-5-6-15-10-23(11-16(15)9-14)17-3-2-8-28-19(17)30-22(23)34;;;/h2-6,8-9,13,18H,7,10-12H2,1H3,(H,29,32)(H,28,30,34);;;/t13-,18+,23-;;;/m1.../s1. The average molecular weight is 500 g/mol. The van der Waals surface area contributed by atoms with Crippen molar-refractivity contribution >= 4 is 39.8 Å². The third kappa shape index (κ3) is 4.11. The van der Waals surface area contributed by atoms with Gasteiger partial charge in [-0.15, -0.1) is 0 Å². The van der Waals surface area contributed by atoms with Gasteiger partial charge in [-0.25, -0.2) is 4.98 Å². The zero-order valence-electron chi connectivity index (χ0n) is 19.3. The molecule has 3 heterocycles. The maximum atomic E-state index is 13.0. The topological polar surface area (TPSA) is 91.4 Å². The van der Waals surface area contributed by atoms with Crippen molar-refractivity contribution in [3.05, 3.63) is 58.8 Å². The third-order valence-corrected chi connectivity index (χ3v) is 9.04. The molecule has 0 unspecified atom stereocenters. The summed E-state index contributed by atoms with van der Waals surface area (Å²) in [4.78, 5) is 43.8. The van der Waals surface area contributed by atoms with Gasteiger partial charge < -0.3 is 15.5 Å². The molecule has 1 aromatic heterocycles. The molecule has 182 valence electrons. The number of fused-ring (bicyclic) bond motifs is 3. The maximum Gasteiger partial charge on any atom is 0.406 e. The Morgan fingerprint density at radius 2 is 2.00 bits per heavy atom. The first-order valence-corrected chi connectivity index (χ1v) is 12.7. The number of aromatic nitrogens is 1. The predicted octanol–water partition coefficient (Wildman–Crippen LogP) is 1.77. The second-order valence-electron chi connectivity index (χ2n) is 9.83. The second kappa shape index (κ2) is 8.35. The van der Waals surface area contributed by atoms with E-state index in [2.05, 4.69) is 15.6 Å². The highest BCUT2D eigenvalue weighted by Crippen LogP contribution is 2.46. The van der Waals surface area contributed by atoms with Crippen LogP contribution in [0.2, 0.25) is 4.78 Å². The van der Waals surface area contributed by atoms with E-state index in [1.54, 1.807) is 37.4 Å². The minimum atomic E-state index is -4.51. The van der Waals surface area contributed by atoms with Gasteiger partial charge in [0.05, 0.1) is 5.41 Å². The SMILES string of the molecule is C[C@@H]1[C@@H]([AlH2])C[C@H](NC(=O)c2ccc3c(c2)C[C@@]2(C3)C(=O)Nc3ncccc32)C(=O)N1CC(F)(F)F. The number of nitrogens with zero attached hydrogens (tertiary/aromatic N) is 2. The molecule has 3 amide bonds. The lowest BCUT2D eigenvalue weighted by molar-refractivity contribution is -0.169. The Hall–Kier alpha value is -2.90. The van der Waals surface area contributed by atoms with Crippen LogP contribution in [-0.4, -0.2) is 68.7 Å². The smallest absolute Gasteiger partial charge is 0.340 e. The van der Waals surface area contributed by atoms with Gasteiger partial charge in [0.25, 0.3) is 5.91 Å². The molecular weight excluding hydrogens is 476 g/mol. The molecule has 2 N–H and O–H groups in total. The van der Waals surface area contributed by atoms with Gasteiger partial charge in [-0.05, 0) is 55.5 Å². The van der Waals surface area contributed by atoms with Gasteiger partial charge in [-0.2, -0.15) is 13.2 Å². The van der Waals surface area contributed by atoms with Crippen LogP contribution >= 0.6 is 0 Å². The highest BCUT2D eigenvalue weighted by Gasteiger charge is 2.51. The van der Waals surface area contributed by atoms with Crippen molar-refractivity contribution < 1.29 is 27.6 Å². The minimum Gasteiger partial charge on any atom is -0.340 e. The first-order valence-electron chi connectivity index (χ1n) is 11.6. The van der Waals surface area contributed by atoms with Crippen LogP contribution in [0.15, 0.2) is 36.5 Å². The number of pyridine rings is 1. The molecule has 1 aliphatic carbocycles. The Bertz CT molecular complexity index is 1240. The van der Waals surface area contributed by atoms with Crippen LogP contribution in [0.25, 0.3) is 0 Å². The summed E-state index contributed by atoms with van der Waals surface area (Å²) in [7, 11) is 0. The van der Waals surface area contributed by atoms with Gasteiger partial charge in [0.2, 0.25) is 28.1 Å². The molecule has 1 spiro atoms. The van der Waals surface area contributed by atoms with Gasteiger partial charge in [-0.3, -0.25) is 14.4 Å². The van der Waals surface area contributed by atoms with E-state index in [-0.39, 0.29) is 10.7 Å². The molecule has 1 aromatic carbocycles. The van der Waals surface area contributed by atoms with E-state index in [0.29, 0.717) is 46.9 Å². The maximum absolute atomic E-state index is 13.0. The van der Waals surface area contributed by atoms with Crippen molar-refractivity contribution in [3.8, 4) is 0 Å². The number of carbonyl (C=O) groups is 3. The Morgan fingerprint density at radius 1 is 1.26 bits per heavy atom. The first-order chi connectivity index (χ1) is 16.5. The van der Waals surface area contributed by atoms with Crippen molar-refractivity contribution in [2.75, 3.05) is 11.9 Å². The summed E-state index contributed by atoms with van der Waals surface area (Å²) >= 11 is 0.600. The van der Waals surface area contributed by atoms with Gasteiger partial charge in [0.1, 0.15) is 18.4 Å². The van der Waals surface area contributed by atoms with Crippen LogP contribution in [0.4, 0.5) is 19.0 Å². The van der Waals surface area contributed by atoms with E-state index in [1.807, 2.05) is 6.07 Å². The van der Waals surface area contributed by atoms with Crippen molar-refractivity contribution in [1.82, 2.24) is 15.2 Å². The summed E-state index contributed by atoms with van der Waals surface area (Å²) in [6.07, 6.45) is -1.66. The lowest BCUT2D eigenvalue weighted by Crippen LogP contribution is -2.59. The molecule has 1 fully saturated rings. The molecule has 3 aliphatic rings. The molecule has 4 atom stereocenters. The molecule has 0 bridgehead atoms. The normalized spacial score (nSPS) is 27.5. The summed E-state index contributed by atoms with van der Waals surface area (Å²) in [5.41, 5.74) is 2.18. The van der Waals surface area contributed by atoms with Gasteiger partial charge >= 0.3 is 6.18 Å². The van der Waals surface area contributed by atoms with Crippen molar-refractivity contribution in [2.24, 2.45) is 0 Å². The van der Waals surface area contributed by atoms with Crippen LogP contribution in [0.1, 0.15) is 40.4 Å². The van der Waals surface area contributed by atoms with Gasteiger partial charge in [0, 0.05) is 23.4 Å². The molecule has 11 heteroatoms. The van der Waals surface area contributed by atoms with E-state index in [1.165, 1.54) is 0 Å². The molecule has 0 radical (unpaired) electrons. The summed E-state index contributed by atoms with van der Waals surface area (Å²) in [5, 5.41) is 5.50. The molecule has 0 saturated carbocycles. The fraction of sp³-hybridized carbons (Fsp3) is 0.417. The minimum absolute atomic E-state index is 0.0743. The number of nitrogens with one attached hydrogen (secondary N) is 2. The largest absolute Gasteiger partial charge is 0.406 e. The Labute approximate surface area is 207 Å². The monoisotopic (exact) mass is 500 g/mol. The van der Waals surface area contributed by atoms with E-state index in [0.717, 1.165) is 21.6 Å². The van der Waals surface area contributed by atoms with Crippen LogP contribution in [0.5, 0.6) is 0 Å². The van der Waals surface area contributed by atoms with Crippen molar-refractivity contribution in [1.29, 1.82) is 0 Å². The lowest BCUT2D eigenvalue weighted by Gasteiger charge is -2.42. The number of benzene rings is 1. The fourth-order valence-corrected chi connectivity index (χ4v) is 6.39. The van der Waals surface area contributed by atoms with Crippen molar-refractivity contribution in [3.63, 3.8) is 0 Å². The van der Waals surface area contributed by atoms with Crippen LogP contribution in [0.3, 0.4) is 0 Å². The fourth-order valence-electron chi connectivity index (χ4n) is 5.56. The number of hydrogen-bond acceptors (Lipinski definition) is 4. The van der Waals surface area contributed by atoms with E-state index < -0.39 is 42.0 Å². The molecule has 5 rings (SSSR count). The number of carbonyl (C=O) groups excluding carboxylic acids is 3. The quantitative estimate of drug-likeness (QED) is 0.629. The lowest BCUT2D eigenvalue weighted by atomic mass is 9.79. The molecule has 2 aliphatic heterocycles. The van der Waals surface area contributed by atoms with Gasteiger partial charge in [0.15, 0.2) is 0 Å². The number of alkyl halides is 3. The molecular formula is C24H24AlF3N4O3. The second-order valence-corrected chi connectivity index (χ2v) is 11.3. The van der Waals surface area contributed by atoms with Crippen LogP contribution < -0.4 is 10.6 Å². The number of hydrogen-bond donors (Lipinski definition) is 2. The highest BCUT2D eigenvalue weighted by molar-refractivity contribution is 6.13. The summed E-state index contributed by atoms with van der Waals surface area (Å²) < 4.78 is 39.0. The number of amides is 3. The number of anilines is 1. The number of piperidine rings is 1. The predicted molar refractivity (Wildman–Crippen MR) is 124 cm³/mol. The Balaban J connectivity index is 1.34. The summed E-state index contributed by atoms with van der Waals surface area (Å²) in [5.74, 6) is -0.796. The van der Waals surface area contributed by atoms with Crippen LogP contribution in [-0.2, 0) is 27.8 Å². The zero-order valence-corrected chi connectivity index (χ0v) is 21.3. The molecule has 1 saturated heterocycles. The van der Waals surface area contributed by atoms with E-state index in [4.69, 9.17) is 0 Å². The highest BCUT2D eigenvalue weighted by atomic mass is 27.0. The number of rotatable bonds is 3.